The van der Waals surface area contributed by atoms with Gasteiger partial charge < -0.3 is 21.4 Å². The SMILES string of the molecule is NCCn1cc(C#Cc2cccc(C(=O)NC3CC3)c2F)c2c(N)ncnc21. The highest BCUT2D eigenvalue weighted by molar-refractivity contribution is 5.95. The Hall–Kier alpha value is -3.44. The number of hydrogen-bond acceptors (Lipinski definition) is 5. The third-order valence-electron chi connectivity index (χ3n) is 4.54. The van der Waals surface area contributed by atoms with Crippen molar-refractivity contribution in [1.29, 1.82) is 0 Å². The van der Waals surface area contributed by atoms with E-state index in [1.165, 1.54) is 18.5 Å². The van der Waals surface area contributed by atoms with Crippen molar-refractivity contribution in [1.82, 2.24) is 19.9 Å². The number of carbonyl (C=O) groups is 1. The van der Waals surface area contributed by atoms with Crippen molar-refractivity contribution in [2.24, 2.45) is 5.73 Å². The minimum absolute atomic E-state index is 0.00731. The molecule has 0 spiro atoms. The molecule has 1 amide bonds. The van der Waals surface area contributed by atoms with Gasteiger partial charge in [-0.25, -0.2) is 14.4 Å². The Kier molecular flexibility index (Phi) is 4.67. The number of amides is 1. The number of benzene rings is 1. The van der Waals surface area contributed by atoms with Gasteiger partial charge in [-0.3, -0.25) is 4.79 Å². The minimum Gasteiger partial charge on any atom is -0.383 e. The second kappa shape index (κ2) is 7.29. The molecular formula is C20H19FN6O. The quantitative estimate of drug-likeness (QED) is 0.594. The predicted molar refractivity (Wildman–Crippen MR) is 104 cm³/mol. The highest BCUT2D eigenvalue weighted by Crippen LogP contribution is 2.23. The van der Waals surface area contributed by atoms with Crippen molar-refractivity contribution in [2.75, 3.05) is 12.3 Å². The number of nitrogens with one attached hydrogen (secondary N) is 1. The van der Waals surface area contributed by atoms with Crippen LogP contribution in [0.15, 0.2) is 30.7 Å². The number of nitrogens with two attached hydrogens (primary N) is 2. The molecule has 0 atom stereocenters. The zero-order valence-electron chi connectivity index (χ0n) is 15.1. The summed E-state index contributed by atoms with van der Waals surface area (Å²) in [6.07, 6.45) is 5.02. The Morgan fingerprint density at radius 2 is 2.07 bits per heavy atom. The van der Waals surface area contributed by atoms with E-state index in [-0.39, 0.29) is 17.2 Å². The summed E-state index contributed by atoms with van der Waals surface area (Å²) in [4.78, 5) is 20.4. The van der Waals surface area contributed by atoms with E-state index in [0.29, 0.717) is 35.5 Å². The number of anilines is 1. The van der Waals surface area contributed by atoms with E-state index in [1.54, 1.807) is 12.3 Å². The molecule has 0 bridgehead atoms. The van der Waals surface area contributed by atoms with E-state index in [0.717, 1.165) is 12.8 Å². The van der Waals surface area contributed by atoms with Gasteiger partial charge in [-0.15, -0.1) is 0 Å². The van der Waals surface area contributed by atoms with Gasteiger partial charge in [-0.1, -0.05) is 17.9 Å². The molecular weight excluding hydrogens is 359 g/mol. The molecule has 8 heteroatoms. The summed E-state index contributed by atoms with van der Waals surface area (Å²) in [5.41, 5.74) is 13.0. The van der Waals surface area contributed by atoms with E-state index < -0.39 is 11.7 Å². The molecule has 0 radical (unpaired) electrons. The van der Waals surface area contributed by atoms with Crippen LogP contribution >= 0.6 is 0 Å². The summed E-state index contributed by atoms with van der Waals surface area (Å²) >= 11 is 0. The van der Waals surface area contributed by atoms with Gasteiger partial charge in [0.2, 0.25) is 0 Å². The van der Waals surface area contributed by atoms with Crippen LogP contribution < -0.4 is 16.8 Å². The zero-order valence-corrected chi connectivity index (χ0v) is 15.1. The normalized spacial score (nSPS) is 13.2. The summed E-state index contributed by atoms with van der Waals surface area (Å²) in [6, 6.07) is 4.76. The molecule has 28 heavy (non-hydrogen) atoms. The third-order valence-corrected chi connectivity index (χ3v) is 4.54. The average molecular weight is 378 g/mol. The summed E-state index contributed by atoms with van der Waals surface area (Å²) in [7, 11) is 0. The number of carbonyl (C=O) groups excluding carboxylic acids is 1. The van der Waals surface area contributed by atoms with E-state index in [1.807, 2.05) is 4.57 Å². The van der Waals surface area contributed by atoms with E-state index in [4.69, 9.17) is 11.5 Å². The first-order valence-electron chi connectivity index (χ1n) is 8.99. The largest absolute Gasteiger partial charge is 0.383 e. The Bertz CT molecular complexity index is 1120. The van der Waals surface area contributed by atoms with Gasteiger partial charge >= 0.3 is 0 Å². The van der Waals surface area contributed by atoms with Crippen LogP contribution in [0.2, 0.25) is 0 Å². The lowest BCUT2D eigenvalue weighted by molar-refractivity contribution is 0.0947. The third kappa shape index (κ3) is 3.40. The fourth-order valence-corrected chi connectivity index (χ4v) is 2.98. The molecule has 3 aromatic rings. The van der Waals surface area contributed by atoms with Gasteiger partial charge in [-0.05, 0) is 25.0 Å². The maximum atomic E-state index is 14.8. The van der Waals surface area contributed by atoms with Gasteiger partial charge in [-0.2, -0.15) is 0 Å². The summed E-state index contributed by atoms with van der Waals surface area (Å²) < 4.78 is 16.6. The number of halogens is 1. The number of hydrogen-bond donors (Lipinski definition) is 3. The van der Waals surface area contributed by atoms with Crippen LogP contribution in [0.4, 0.5) is 10.2 Å². The highest BCUT2D eigenvalue weighted by Gasteiger charge is 2.25. The average Bonchev–Trinajstić information content (AvgIpc) is 3.42. The maximum Gasteiger partial charge on any atom is 0.254 e. The molecule has 2 aromatic heterocycles. The van der Waals surface area contributed by atoms with Gasteiger partial charge in [0, 0.05) is 25.3 Å². The Morgan fingerprint density at radius 3 is 2.82 bits per heavy atom. The lowest BCUT2D eigenvalue weighted by Gasteiger charge is -2.05. The molecule has 7 nitrogen and oxygen atoms in total. The second-order valence-electron chi connectivity index (χ2n) is 6.65. The van der Waals surface area contributed by atoms with Crippen LogP contribution in [0, 0.1) is 17.7 Å². The molecule has 5 N–H and O–H groups in total. The predicted octanol–water partition coefficient (Wildman–Crippen LogP) is 1.40. The number of aromatic nitrogens is 3. The smallest absolute Gasteiger partial charge is 0.254 e. The van der Waals surface area contributed by atoms with Gasteiger partial charge in [0.1, 0.15) is 17.8 Å². The lowest BCUT2D eigenvalue weighted by atomic mass is 10.1. The van der Waals surface area contributed by atoms with Crippen molar-refractivity contribution in [3.05, 3.63) is 53.2 Å². The maximum absolute atomic E-state index is 14.8. The van der Waals surface area contributed by atoms with Gasteiger partial charge in [0.25, 0.3) is 5.91 Å². The molecule has 0 aliphatic heterocycles. The van der Waals surface area contributed by atoms with Crippen LogP contribution in [0.3, 0.4) is 0 Å². The van der Waals surface area contributed by atoms with Crippen LogP contribution in [0.5, 0.6) is 0 Å². The van der Waals surface area contributed by atoms with E-state index in [2.05, 4.69) is 27.1 Å². The first kappa shape index (κ1) is 17.9. The van der Waals surface area contributed by atoms with Crippen molar-refractivity contribution in [2.45, 2.75) is 25.4 Å². The molecule has 142 valence electrons. The Balaban J connectivity index is 1.72. The number of rotatable bonds is 4. The fourth-order valence-electron chi connectivity index (χ4n) is 2.98. The Morgan fingerprint density at radius 1 is 1.29 bits per heavy atom. The minimum atomic E-state index is -0.636. The second-order valence-corrected chi connectivity index (χ2v) is 6.65. The number of fused-ring (bicyclic) bond motifs is 1. The molecule has 0 saturated heterocycles. The first-order valence-corrected chi connectivity index (χ1v) is 8.99. The Labute approximate surface area is 160 Å². The molecule has 1 fully saturated rings. The number of nitrogens with zero attached hydrogens (tertiary/aromatic N) is 3. The van der Waals surface area contributed by atoms with Crippen molar-refractivity contribution < 1.29 is 9.18 Å². The molecule has 1 aliphatic rings. The van der Waals surface area contributed by atoms with Crippen LogP contribution in [-0.4, -0.2) is 33.0 Å². The van der Waals surface area contributed by atoms with Crippen LogP contribution in [0.25, 0.3) is 11.0 Å². The monoisotopic (exact) mass is 378 g/mol. The molecule has 1 saturated carbocycles. The van der Waals surface area contributed by atoms with Crippen molar-refractivity contribution >= 4 is 22.8 Å². The lowest BCUT2D eigenvalue weighted by Crippen LogP contribution is -2.26. The summed E-state index contributed by atoms with van der Waals surface area (Å²) in [5, 5.41) is 3.39. The van der Waals surface area contributed by atoms with Crippen molar-refractivity contribution in [3.8, 4) is 11.8 Å². The van der Waals surface area contributed by atoms with E-state index in [9.17, 15) is 9.18 Å². The highest BCUT2D eigenvalue weighted by atomic mass is 19.1. The molecule has 4 rings (SSSR count). The van der Waals surface area contributed by atoms with Crippen LogP contribution in [-0.2, 0) is 6.54 Å². The fraction of sp³-hybridized carbons (Fsp3) is 0.250. The number of nitrogen functional groups attached to an aromatic ring is 1. The standard InChI is InChI=1S/C20H19FN6O/c21-17-12(2-1-3-15(17)20(28)26-14-6-7-14)4-5-13-10-27(9-8-22)19-16(13)18(23)24-11-25-19/h1-3,10-11,14H,6-9,22H2,(H,26,28)(H2,23,24,25). The zero-order chi connectivity index (χ0) is 19.7. The molecule has 1 aromatic carbocycles. The molecule has 2 heterocycles. The van der Waals surface area contributed by atoms with Crippen molar-refractivity contribution in [3.63, 3.8) is 0 Å². The van der Waals surface area contributed by atoms with Gasteiger partial charge in [0.15, 0.2) is 5.82 Å². The molecule has 0 unspecified atom stereocenters. The van der Waals surface area contributed by atoms with Gasteiger partial charge in [0.05, 0.1) is 22.1 Å². The first-order chi connectivity index (χ1) is 13.6. The topological polar surface area (TPSA) is 112 Å². The summed E-state index contributed by atoms with van der Waals surface area (Å²) in [6.45, 7) is 0.965. The van der Waals surface area contributed by atoms with E-state index >= 15 is 0 Å². The summed E-state index contributed by atoms with van der Waals surface area (Å²) in [5.74, 6) is 4.99. The molecule has 1 aliphatic carbocycles. The van der Waals surface area contributed by atoms with Crippen LogP contribution in [0.1, 0.15) is 34.3 Å².